The van der Waals surface area contributed by atoms with E-state index in [9.17, 15) is 49.5 Å². The Morgan fingerprint density at radius 1 is 0.495 bits per heavy atom. The third-order valence-electron chi connectivity index (χ3n) is 14.7. The average molecular weight is 1580 g/mol. The molecular weight excluding hydrogens is 1480 g/mol. The van der Waals surface area contributed by atoms with Crippen molar-refractivity contribution < 1.29 is 59.0 Å². The number of carbonyl (C=O) groups is 4. The Balaban J connectivity index is 0.000000196. The quantitative estimate of drug-likeness (QED) is 0.0268. The maximum atomic E-state index is 13.3. The van der Waals surface area contributed by atoms with Crippen molar-refractivity contribution in [1.82, 2.24) is 29.1 Å². The number of amides is 4. The number of sulfonamides is 3. The van der Waals surface area contributed by atoms with Gasteiger partial charge in [-0.25, -0.2) is 59.2 Å². The number of cyclic esters (lactones) is 1. The van der Waals surface area contributed by atoms with Gasteiger partial charge < -0.3 is 41.6 Å². The van der Waals surface area contributed by atoms with Crippen molar-refractivity contribution in [3.8, 4) is 63.0 Å². The smallest absolute Gasteiger partial charge is 0.415 e. The zero-order chi connectivity index (χ0) is 79.2. The van der Waals surface area contributed by atoms with Crippen molar-refractivity contribution in [3.05, 3.63) is 146 Å². The highest BCUT2D eigenvalue weighted by Gasteiger charge is 2.39. The average Bonchev–Trinajstić information content (AvgIpc) is 1.77. The number of epoxide rings is 1. The van der Waals surface area contributed by atoms with Gasteiger partial charge in [-0.2, -0.15) is 0 Å². The summed E-state index contributed by atoms with van der Waals surface area (Å²) in [5, 5.41) is 23.2. The Labute approximate surface area is 639 Å². The molecule has 2 aliphatic heterocycles. The molecule has 10 N–H and O–H groups in total. The standard InChI is InChI=1S/C26H30N4O5S2.C25H32N4O4S2.C21H24N4O3S2.C4H8O/c1-16(31)28-18-9-12-20(22(13-18)37(33,34)29-25(2,3)4)21-14-27-23(36-21)17-7-10-19(11-8-17)30-15-26(5,6)35-24(30)32;1-16(30)28-19-11-12-20(22(13-19)35(32,33)29-24(2,3)4)21-14-26-23(34-21)17-7-9-18(10-8-17)27-15-25(5,6)31;1-13(26)24-16-9-10-17(19(11-16)30(27,28)25-21(2,3)4)18-12-23-20(29-18)14-5-7-15(22)8-6-14;1-4(2)3-5-4/h7-14,29H,15H2,1-6H3,(H,28,31);7-14,27,29,31H,15H2,1-6H3,(H,28,30);5-12,25H,22H2,1-4H3,(H,24,26);3H2,1-2H3. The maximum absolute atomic E-state index is 13.3. The fraction of sp³-hybridized carbons (Fsp3) is 0.355. The van der Waals surface area contributed by atoms with Crippen molar-refractivity contribution in [2.24, 2.45) is 0 Å². The molecular formula is C76H94N12O13S6. The van der Waals surface area contributed by atoms with Crippen molar-refractivity contribution in [2.45, 2.75) is 173 Å². The lowest BCUT2D eigenvalue weighted by Gasteiger charge is -2.22. The number of hydrogen-bond donors (Lipinski definition) is 9. The van der Waals surface area contributed by atoms with E-state index in [4.69, 9.17) is 15.2 Å². The summed E-state index contributed by atoms with van der Waals surface area (Å²) in [5.41, 5.74) is 10.2. The first-order valence-corrected chi connectivity index (χ1v) is 40.7. The van der Waals surface area contributed by atoms with Crippen LogP contribution in [-0.4, -0.2) is 122 Å². The number of nitrogens with zero attached hydrogens (tertiary/aromatic N) is 4. The number of aromatic nitrogens is 3. The molecule has 0 unspecified atom stereocenters. The van der Waals surface area contributed by atoms with Crippen LogP contribution in [0, 0.1) is 0 Å². The SMILES string of the molecule is CC(=O)Nc1ccc(-c2cnc(-c3ccc(N)cc3)s2)c(S(=O)(=O)NC(C)(C)C)c1.CC(=O)Nc1ccc(-c2cnc(-c3ccc(N4CC(C)(C)OC4=O)cc3)s2)c(S(=O)(=O)NC(C)(C)C)c1.CC(=O)Nc1ccc(-c2cnc(-c3ccc(NCC(C)(C)O)cc3)s2)c(S(=O)(=O)NC(C)(C)C)c1.CC1(C)CO1. The van der Waals surface area contributed by atoms with Crippen LogP contribution in [0.3, 0.4) is 0 Å². The Morgan fingerprint density at radius 2 is 0.794 bits per heavy atom. The van der Waals surface area contributed by atoms with Crippen molar-refractivity contribution >= 4 is 122 Å². The maximum Gasteiger partial charge on any atom is 0.415 e. The minimum Gasteiger partial charge on any atom is -0.441 e. The molecule has 0 atom stereocenters. The van der Waals surface area contributed by atoms with E-state index in [1.54, 1.807) is 148 Å². The molecule has 0 aliphatic carbocycles. The van der Waals surface area contributed by atoms with Gasteiger partial charge in [0.25, 0.3) is 0 Å². The number of hydrogen-bond acceptors (Lipinski definition) is 21. The summed E-state index contributed by atoms with van der Waals surface area (Å²) < 4.78 is 97.8. The monoisotopic (exact) mass is 1570 g/mol. The van der Waals surface area contributed by atoms with Crippen LogP contribution in [0.1, 0.15) is 125 Å². The number of benzene rings is 6. The zero-order valence-corrected chi connectivity index (χ0v) is 68.0. The van der Waals surface area contributed by atoms with Gasteiger partial charge in [0.1, 0.15) is 20.6 Å². The van der Waals surface area contributed by atoms with Gasteiger partial charge in [-0.05, 0) is 213 Å². The van der Waals surface area contributed by atoms with Crippen LogP contribution in [0.2, 0.25) is 0 Å². The topological polar surface area (TPSA) is 365 Å². The van der Waals surface area contributed by atoms with E-state index in [0.717, 1.165) is 44.7 Å². The number of thiazole rings is 3. The number of nitrogen functional groups attached to an aromatic ring is 1. The Bertz CT molecular complexity index is 5060. The first-order chi connectivity index (χ1) is 49.4. The second kappa shape index (κ2) is 32.9. The molecule has 6 aromatic carbocycles. The zero-order valence-electron chi connectivity index (χ0n) is 63.1. The van der Waals surface area contributed by atoms with Crippen LogP contribution in [0.5, 0.6) is 0 Å². The van der Waals surface area contributed by atoms with Crippen LogP contribution < -0.4 is 46.1 Å². The largest absolute Gasteiger partial charge is 0.441 e. The number of anilines is 6. The van der Waals surface area contributed by atoms with Crippen molar-refractivity contribution in [2.75, 3.05) is 51.6 Å². The summed E-state index contributed by atoms with van der Waals surface area (Å²) in [6.45, 7) is 33.2. The molecule has 0 saturated carbocycles. The van der Waals surface area contributed by atoms with E-state index in [2.05, 4.69) is 64.2 Å². The van der Waals surface area contributed by atoms with Gasteiger partial charge in [0, 0.05) is 130 Å². The normalized spacial score (nSPS) is 14.2. The summed E-state index contributed by atoms with van der Waals surface area (Å²) in [7, 11) is -11.7. The van der Waals surface area contributed by atoms with E-state index < -0.39 is 57.9 Å². The van der Waals surface area contributed by atoms with E-state index >= 15 is 0 Å². The van der Waals surface area contributed by atoms with Crippen LogP contribution in [0.25, 0.3) is 63.0 Å². The fourth-order valence-corrected chi connectivity index (χ4v) is 18.3. The van der Waals surface area contributed by atoms with E-state index in [1.165, 1.54) is 73.0 Å². The van der Waals surface area contributed by atoms with Gasteiger partial charge >= 0.3 is 6.09 Å². The van der Waals surface area contributed by atoms with Crippen LogP contribution in [0.15, 0.2) is 161 Å². The van der Waals surface area contributed by atoms with E-state index in [-0.39, 0.29) is 44.1 Å². The summed E-state index contributed by atoms with van der Waals surface area (Å²) in [6.07, 6.45) is 4.57. The first kappa shape index (κ1) is 83.8. The Morgan fingerprint density at radius 3 is 1.07 bits per heavy atom. The molecule has 5 heterocycles. The molecule has 11 rings (SSSR count). The van der Waals surface area contributed by atoms with E-state index in [0.29, 0.717) is 72.2 Å². The number of carbonyl (C=O) groups excluding carboxylic acids is 4. The van der Waals surface area contributed by atoms with Crippen LogP contribution in [0.4, 0.5) is 38.9 Å². The molecule has 4 amide bonds. The highest BCUT2D eigenvalue weighted by Crippen LogP contribution is 2.42. The van der Waals surface area contributed by atoms with Crippen LogP contribution >= 0.6 is 34.0 Å². The minimum absolute atomic E-state index is 0.0504. The lowest BCUT2D eigenvalue weighted by molar-refractivity contribution is -0.115. The molecule has 0 bridgehead atoms. The summed E-state index contributed by atoms with van der Waals surface area (Å²) in [4.78, 5) is 64.1. The number of nitrogens with two attached hydrogens (primary N) is 1. The summed E-state index contributed by atoms with van der Waals surface area (Å²) >= 11 is 4.11. The molecule has 9 aromatic rings. The number of nitrogens with one attached hydrogen (secondary N) is 7. The number of aliphatic hydroxyl groups is 1. The summed E-state index contributed by atoms with van der Waals surface area (Å²) in [5.74, 6) is -0.863. The van der Waals surface area contributed by atoms with Gasteiger partial charge in [-0.1, -0.05) is 18.2 Å². The third kappa shape index (κ3) is 24.8. The van der Waals surface area contributed by atoms with Gasteiger partial charge in [0.05, 0.1) is 53.7 Å². The minimum atomic E-state index is -3.91. The molecule has 2 saturated heterocycles. The molecule has 0 spiro atoms. The molecule has 2 fully saturated rings. The summed E-state index contributed by atoms with van der Waals surface area (Å²) in [6, 6.07) is 36.9. The molecule has 3 aromatic heterocycles. The van der Waals surface area contributed by atoms with Crippen LogP contribution in [-0.2, 0) is 53.9 Å². The first-order valence-electron chi connectivity index (χ1n) is 33.8. The molecule has 25 nitrogen and oxygen atoms in total. The molecule has 572 valence electrons. The van der Waals surface area contributed by atoms with Gasteiger partial charge in [0.15, 0.2) is 0 Å². The third-order valence-corrected chi connectivity index (χ3v) is 23.3. The molecule has 107 heavy (non-hydrogen) atoms. The highest BCUT2D eigenvalue weighted by atomic mass is 32.2. The lowest BCUT2D eigenvalue weighted by Crippen LogP contribution is -2.40. The van der Waals surface area contributed by atoms with Crippen molar-refractivity contribution in [3.63, 3.8) is 0 Å². The van der Waals surface area contributed by atoms with Gasteiger partial charge in [0.2, 0.25) is 47.8 Å². The highest BCUT2D eigenvalue weighted by molar-refractivity contribution is 7.90. The lowest BCUT2D eigenvalue weighted by atomic mass is 10.1. The predicted octanol–water partition coefficient (Wildman–Crippen LogP) is 14.8. The predicted molar refractivity (Wildman–Crippen MR) is 429 cm³/mol. The fourth-order valence-electron chi connectivity index (χ4n) is 10.2. The molecule has 31 heteroatoms. The number of rotatable bonds is 19. The molecule has 0 radical (unpaired) electrons. The van der Waals surface area contributed by atoms with Gasteiger partial charge in [-0.15, -0.1) is 34.0 Å². The molecule has 2 aliphatic rings. The second-order valence-electron chi connectivity index (χ2n) is 30.5. The Kier molecular flexibility index (Phi) is 25.8. The van der Waals surface area contributed by atoms with E-state index in [1.807, 2.05) is 74.5 Å². The van der Waals surface area contributed by atoms with Gasteiger partial charge in [-0.3, -0.25) is 19.3 Å². The Hall–Kier alpha value is -8.86. The van der Waals surface area contributed by atoms with Crippen molar-refractivity contribution in [1.29, 1.82) is 0 Å². The number of ether oxygens (including phenoxy) is 2. The second-order valence-corrected chi connectivity index (χ2v) is 38.6.